The number of fused-ring (bicyclic) bond motifs is 1. The van der Waals surface area contributed by atoms with Gasteiger partial charge in [0, 0.05) is 32.6 Å². The number of carbonyl (C=O) groups excluding carboxylic acids is 1. The molecule has 1 fully saturated rings. The first-order valence-corrected chi connectivity index (χ1v) is 9.15. The molecule has 0 aliphatic carbocycles. The predicted octanol–water partition coefficient (Wildman–Crippen LogP) is 2.94. The number of para-hydroxylation sites is 2. The number of aryl methyl sites for hydroxylation is 1. The van der Waals surface area contributed by atoms with E-state index >= 15 is 0 Å². The molecule has 0 bridgehead atoms. The summed E-state index contributed by atoms with van der Waals surface area (Å²) in [6.07, 6.45) is 2.32. The molecule has 0 N–H and O–H groups in total. The Balaban J connectivity index is 1.49. The zero-order valence-electron chi connectivity index (χ0n) is 15.1. The first-order chi connectivity index (χ1) is 12.7. The summed E-state index contributed by atoms with van der Waals surface area (Å²) in [5.74, 6) is 0.213. The molecule has 1 amide bonds. The monoisotopic (exact) mass is 348 g/mol. The number of likely N-dealkylation sites (N-methyl/N-ethyl adjacent to an activating group) is 1. The highest BCUT2D eigenvalue weighted by Crippen LogP contribution is 2.25. The van der Waals surface area contributed by atoms with Crippen LogP contribution in [0.4, 0.5) is 0 Å². The minimum absolute atomic E-state index is 0.127. The summed E-state index contributed by atoms with van der Waals surface area (Å²) in [5.41, 5.74) is 3.26. The Morgan fingerprint density at radius 1 is 1.08 bits per heavy atom. The smallest absolute Gasteiger partial charge is 0.224 e. The average molecular weight is 348 g/mol. The Bertz CT molecular complexity index is 889. The van der Waals surface area contributed by atoms with Crippen LogP contribution in [0.3, 0.4) is 0 Å². The van der Waals surface area contributed by atoms with E-state index < -0.39 is 0 Å². The maximum atomic E-state index is 13.0. The van der Waals surface area contributed by atoms with Crippen LogP contribution in [0.5, 0.6) is 0 Å². The third-order valence-corrected chi connectivity index (χ3v) is 5.18. The van der Waals surface area contributed by atoms with Crippen molar-refractivity contribution in [2.75, 3.05) is 26.7 Å². The fourth-order valence-corrected chi connectivity index (χ4v) is 3.73. The quantitative estimate of drug-likeness (QED) is 0.728. The minimum atomic E-state index is 0.127. The summed E-state index contributed by atoms with van der Waals surface area (Å²) < 4.78 is 2.07. The van der Waals surface area contributed by atoms with Crippen molar-refractivity contribution in [2.24, 2.45) is 0 Å². The van der Waals surface area contributed by atoms with Crippen LogP contribution in [0.15, 0.2) is 60.9 Å². The van der Waals surface area contributed by atoms with E-state index in [-0.39, 0.29) is 11.9 Å². The Hall–Kier alpha value is -2.66. The number of nitrogens with zero attached hydrogens (tertiary/aromatic N) is 4. The fraction of sp³-hybridized carbons (Fsp3) is 0.333. The molecule has 5 nitrogen and oxygen atoms in total. The molecule has 0 radical (unpaired) electrons. The lowest BCUT2D eigenvalue weighted by Gasteiger charge is -2.40. The van der Waals surface area contributed by atoms with Gasteiger partial charge >= 0.3 is 0 Å². The van der Waals surface area contributed by atoms with Crippen molar-refractivity contribution in [1.82, 2.24) is 19.4 Å². The van der Waals surface area contributed by atoms with Crippen molar-refractivity contribution in [3.8, 4) is 0 Å². The van der Waals surface area contributed by atoms with Crippen molar-refractivity contribution in [1.29, 1.82) is 0 Å². The lowest BCUT2D eigenvalue weighted by atomic mass is 10.0. The van der Waals surface area contributed by atoms with Crippen molar-refractivity contribution in [3.05, 3.63) is 66.5 Å². The number of amides is 1. The van der Waals surface area contributed by atoms with Gasteiger partial charge in [0.25, 0.3) is 0 Å². The van der Waals surface area contributed by atoms with Crippen LogP contribution in [0, 0.1) is 0 Å². The third-order valence-electron chi connectivity index (χ3n) is 5.18. The van der Waals surface area contributed by atoms with Gasteiger partial charge in [0.15, 0.2) is 0 Å². The minimum Gasteiger partial charge on any atom is -0.333 e. The molecule has 4 rings (SSSR count). The number of hydrogen-bond acceptors (Lipinski definition) is 3. The average Bonchev–Trinajstić information content (AvgIpc) is 3.10. The summed E-state index contributed by atoms with van der Waals surface area (Å²) in [4.78, 5) is 21.8. The van der Waals surface area contributed by atoms with Gasteiger partial charge in [0.1, 0.15) is 0 Å². The number of piperazine rings is 1. The van der Waals surface area contributed by atoms with Crippen LogP contribution >= 0.6 is 0 Å². The number of hydrogen-bond donors (Lipinski definition) is 0. The Kier molecular flexibility index (Phi) is 4.71. The maximum Gasteiger partial charge on any atom is 0.224 e. The van der Waals surface area contributed by atoms with Gasteiger partial charge in [0.2, 0.25) is 5.91 Å². The standard InChI is InChI=1S/C21H24N4O/c1-23-13-14-25(20(15-23)17-7-3-2-4-8-17)21(26)11-12-24-16-22-18-9-5-6-10-19(18)24/h2-10,16,20H,11-15H2,1H3/t20-/m1/s1. The van der Waals surface area contributed by atoms with E-state index in [4.69, 9.17) is 0 Å². The number of carbonyl (C=O) groups is 1. The van der Waals surface area contributed by atoms with Crippen LogP contribution in [-0.2, 0) is 11.3 Å². The van der Waals surface area contributed by atoms with E-state index in [9.17, 15) is 4.79 Å². The highest BCUT2D eigenvalue weighted by Gasteiger charge is 2.29. The van der Waals surface area contributed by atoms with E-state index in [0.717, 1.165) is 30.7 Å². The van der Waals surface area contributed by atoms with Crippen LogP contribution in [0.2, 0.25) is 0 Å². The van der Waals surface area contributed by atoms with Crippen LogP contribution in [-0.4, -0.2) is 51.9 Å². The second-order valence-corrected chi connectivity index (χ2v) is 6.95. The molecule has 1 aliphatic rings. The van der Waals surface area contributed by atoms with E-state index in [1.165, 1.54) is 5.56 Å². The zero-order valence-corrected chi connectivity index (χ0v) is 15.1. The highest BCUT2D eigenvalue weighted by molar-refractivity contribution is 5.78. The molecule has 2 aromatic carbocycles. The summed E-state index contributed by atoms with van der Waals surface area (Å²) in [6, 6.07) is 18.5. The largest absolute Gasteiger partial charge is 0.333 e. The molecule has 1 aromatic heterocycles. The first-order valence-electron chi connectivity index (χ1n) is 9.15. The van der Waals surface area contributed by atoms with Gasteiger partial charge in [-0.15, -0.1) is 0 Å². The molecule has 0 saturated carbocycles. The number of benzene rings is 2. The van der Waals surface area contributed by atoms with E-state index in [1.54, 1.807) is 0 Å². The molecule has 0 spiro atoms. The Morgan fingerprint density at radius 2 is 1.85 bits per heavy atom. The topological polar surface area (TPSA) is 41.4 Å². The second-order valence-electron chi connectivity index (χ2n) is 6.95. The SMILES string of the molecule is CN1CCN(C(=O)CCn2cnc3ccccc32)[C@@H](c2ccccc2)C1. The third kappa shape index (κ3) is 3.35. The van der Waals surface area contributed by atoms with Gasteiger partial charge in [-0.1, -0.05) is 42.5 Å². The van der Waals surface area contributed by atoms with Gasteiger partial charge in [-0.25, -0.2) is 4.98 Å². The molecule has 1 aliphatic heterocycles. The van der Waals surface area contributed by atoms with Crippen molar-refractivity contribution in [3.63, 3.8) is 0 Å². The van der Waals surface area contributed by atoms with Crippen LogP contribution in [0.1, 0.15) is 18.0 Å². The van der Waals surface area contributed by atoms with Gasteiger partial charge < -0.3 is 14.4 Å². The normalized spacial score (nSPS) is 18.3. The summed E-state index contributed by atoms with van der Waals surface area (Å²) >= 11 is 0. The molecule has 134 valence electrons. The molecule has 1 atom stereocenters. The van der Waals surface area contributed by atoms with Crippen LogP contribution < -0.4 is 0 Å². The van der Waals surface area contributed by atoms with E-state index in [2.05, 4.69) is 44.6 Å². The summed E-state index contributed by atoms with van der Waals surface area (Å²) in [5, 5.41) is 0. The highest BCUT2D eigenvalue weighted by atomic mass is 16.2. The number of aromatic nitrogens is 2. The van der Waals surface area contributed by atoms with E-state index in [1.807, 2.05) is 42.7 Å². The maximum absolute atomic E-state index is 13.0. The molecule has 2 heterocycles. The molecular formula is C21H24N4O. The molecule has 0 unspecified atom stereocenters. The molecule has 26 heavy (non-hydrogen) atoms. The van der Waals surface area contributed by atoms with Gasteiger partial charge in [-0.05, 0) is 24.7 Å². The fourth-order valence-electron chi connectivity index (χ4n) is 3.73. The van der Waals surface area contributed by atoms with Gasteiger partial charge in [-0.2, -0.15) is 0 Å². The molecule has 3 aromatic rings. The lowest BCUT2D eigenvalue weighted by molar-refractivity contribution is -0.136. The van der Waals surface area contributed by atoms with E-state index in [0.29, 0.717) is 13.0 Å². The predicted molar refractivity (Wildman–Crippen MR) is 103 cm³/mol. The number of rotatable bonds is 4. The summed E-state index contributed by atoms with van der Waals surface area (Å²) in [7, 11) is 2.12. The van der Waals surface area contributed by atoms with Crippen molar-refractivity contribution < 1.29 is 4.79 Å². The number of imidazole rings is 1. The van der Waals surface area contributed by atoms with Crippen molar-refractivity contribution in [2.45, 2.75) is 19.0 Å². The van der Waals surface area contributed by atoms with Gasteiger partial charge in [-0.3, -0.25) is 4.79 Å². The first kappa shape index (κ1) is 16.8. The molecular weight excluding hydrogens is 324 g/mol. The Labute approximate surface area is 153 Å². The van der Waals surface area contributed by atoms with Gasteiger partial charge in [0.05, 0.1) is 23.4 Å². The summed E-state index contributed by atoms with van der Waals surface area (Å²) in [6.45, 7) is 3.24. The molecule has 5 heteroatoms. The Morgan fingerprint density at radius 3 is 2.69 bits per heavy atom. The molecule has 1 saturated heterocycles. The lowest BCUT2D eigenvalue weighted by Crippen LogP contribution is -2.49. The zero-order chi connectivity index (χ0) is 17.9. The van der Waals surface area contributed by atoms with Crippen molar-refractivity contribution >= 4 is 16.9 Å². The van der Waals surface area contributed by atoms with Crippen LogP contribution in [0.25, 0.3) is 11.0 Å². The second kappa shape index (κ2) is 7.30.